The van der Waals surface area contributed by atoms with Gasteiger partial charge < -0.3 is 19.7 Å². The van der Waals surface area contributed by atoms with Gasteiger partial charge in [-0.3, -0.25) is 0 Å². The van der Waals surface area contributed by atoms with Gasteiger partial charge in [-0.15, -0.1) is 0 Å². The minimum Gasteiger partial charge on any atom is -0.497 e. The van der Waals surface area contributed by atoms with Crippen LogP contribution < -0.4 is 14.8 Å². The Balaban J connectivity index is 2.14. The van der Waals surface area contributed by atoms with E-state index in [4.69, 9.17) is 9.47 Å². The minimum absolute atomic E-state index is 0.104. The topological polar surface area (TPSA) is 80.8 Å². The zero-order valence-corrected chi connectivity index (χ0v) is 16.3. The summed E-state index contributed by atoms with van der Waals surface area (Å²) in [4.78, 5) is 6.45. The van der Waals surface area contributed by atoms with Gasteiger partial charge in [-0.25, -0.2) is 13.4 Å². The van der Waals surface area contributed by atoms with Crippen LogP contribution in [0.15, 0.2) is 41.4 Å². The molecule has 0 amide bonds. The lowest BCUT2D eigenvalue weighted by molar-refractivity contribution is 0.392. The smallest absolute Gasteiger partial charge is 0.186 e. The number of hydrogen-bond donors (Lipinski definition) is 1. The molecule has 0 aliphatic rings. The van der Waals surface area contributed by atoms with E-state index >= 15 is 0 Å². The fraction of sp³-hybridized carbons (Fsp3) is 0.389. The Morgan fingerprint density at radius 3 is 2.46 bits per heavy atom. The maximum atomic E-state index is 12.8. The van der Waals surface area contributed by atoms with Crippen molar-refractivity contribution < 1.29 is 17.9 Å². The van der Waals surface area contributed by atoms with Crippen molar-refractivity contribution in [2.45, 2.75) is 10.6 Å². The number of ether oxygens (including phenoxy) is 2. The third-order valence-corrected chi connectivity index (χ3v) is 5.45. The fourth-order valence-corrected chi connectivity index (χ4v) is 3.86. The van der Waals surface area contributed by atoms with E-state index in [1.54, 1.807) is 30.5 Å². The highest BCUT2D eigenvalue weighted by Crippen LogP contribution is 2.30. The predicted octanol–water partition coefficient (Wildman–Crippen LogP) is 2.05. The van der Waals surface area contributed by atoms with Crippen LogP contribution in [0, 0.1) is 0 Å². The van der Waals surface area contributed by atoms with E-state index in [-0.39, 0.29) is 10.6 Å². The second kappa shape index (κ2) is 8.86. The Morgan fingerprint density at radius 2 is 1.88 bits per heavy atom. The first-order valence-corrected chi connectivity index (χ1v) is 9.79. The largest absolute Gasteiger partial charge is 0.497 e. The van der Waals surface area contributed by atoms with Crippen molar-refractivity contribution >= 4 is 15.7 Å². The highest BCUT2D eigenvalue weighted by molar-refractivity contribution is 7.90. The monoisotopic (exact) mass is 379 g/mol. The Hall–Kier alpha value is -2.32. The van der Waals surface area contributed by atoms with Gasteiger partial charge in [-0.05, 0) is 37.9 Å². The van der Waals surface area contributed by atoms with Crippen molar-refractivity contribution in [3.63, 3.8) is 0 Å². The number of likely N-dealkylation sites (N-methyl/N-ethyl adjacent to an activating group) is 1. The molecule has 0 fully saturated rings. The summed E-state index contributed by atoms with van der Waals surface area (Å²) >= 11 is 0. The van der Waals surface area contributed by atoms with E-state index < -0.39 is 9.84 Å². The Morgan fingerprint density at radius 1 is 1.12 bits per heavy atom. The van der Waals surface area contributed by atoms with E-state index in [0.717, 1.165) is 13.1 Å². The number of nitrogens with zero attached hydrogens (tertiary/aromatic N) is 2. The number of pyridine rings is 1. The molecule has 8 heteroatoms. The molecule has 2 rings (SSSR count). The molecule has 0 aliphatic carbocycles. The first-order chi connectivity index (χ1) is 12.4. The maximum Gasteiger partial charge on any atom is 0.186 e. The van der Waals surface area contributed by atoms with E-state index in [9.17, 15) is 8.42 Å². The molecule has 0 aliphatic heterocycles. The van der Waals surface area contributed by atoms with Crippen LogP contribution in [0.5, 0.6) is 11.5 Å². The number of nitrogens with one attached hydrogen (secondary N) is 1. The van der Waals surface area contributed by atoms with Gasteiger partial charge in [0.1, 0.15) is 22.2 Å². The first-order valence-electron chi connectivity index (χ1n) is 8.14. The van der Waals surface area contributed by atoms with Crippen LogP contribution in [0.25, 0.3) is 0 Å². The molecule has 0 unspecified atom stereocenters. The Bertz CT molecular complexity index is 821. The van der Waals surface area contributed by atoms with Gasteiger partial charge in [0.2, 0.25) is 0 Å². The molecule has 142 valence electrons. The molecule has 1 heterocycles. The molecular weight excluding hydrogens is 354 g/mol. The van der Waals surface area contributed by atoms with Crippen molar-refractivity contribution in [3.05, 3.63) is 42.1 Å². The number of methoxy groups -OCH3 is 2. The van der Waals surface area contributed by atoms with Crippen LogP contribution in [-0.4, -0.2) is 59.7 Å². The van der Waals surface area contributed by atoms with Crippen molar-refractivity contribution in [2.75, 3.05) is 46.7 Å². The molecule has 1 aromatic carbocycles. The molecule has 0 atom stereocenters. The van der Waals surface area contributed by atoms with Gasteiger partial charge in [0, 0.05) is 25.4 Å². The molecule has 0 saturated heterocycles. The van der Waals surface area contributed by atoms with E-state index in [0.29, 0.717) is 22.9 Å². The number of rotatable bonds is 9. The molecule has 26 heavy (non-hydrogen) atoms. The zero-order chi connectivity index (χ0) is 19.2. The number of benzene rings is 1. The average molecular weight is 379 g/mol. The van der Waals surface area contributed by atoms with Gasteiger partial charge in [-0.1, -0.05) is 6.07 Å². The van der Waals surface area contributed by atoms with Crippen molar-refractivity contribution in [1.29, 1.82) is 0 Å². The minimum atomic E-state index is -3.60. The lowest BCUT2D eigenvalue weighted by atomic mass is 10.3. The second-order valence-corrected chi connectivity index (χ2v) is 8.02. The fourth-order valence-electron chi connectivity index (χ4n) is 2.35. The molecular formula is C18H25N3O4S. The van der Waals surface area contributed by atoms with Gasteiger partial charge in [-0.2, -0.15) is 0 Å². The van der Waals surface area contributed by atoms with E-state index in [2.05, 4.69) is 15.2 Å². The summed E-state index contributed by atoms with van der Waals surface area (Å²) in [7, 11) is 3.32. The van der Waals surface area contributed by atoms with Crippen molar-refractivity contribution in [2.24, 2.45) is 0 Å². The molecule has 0 spiro atoms. The first kappa shape index (κ1) is 20.0. The Kier molecular flexibility index (Phi) is 6.82. The average Bonchev–Trinajstić information content (AvgIpc) is 2.62. The lowest BCUT2D eigenvalue weighted by Gasteiger charge is -2.12. The van der Waals surface area contributed by atoms with Gasteiger partial charge in [0.15, 0.2) is 9.84 Å². The lowest BCUT2D eigenvalue weighted by Crippen LogP contribution is -2.21. The van der Waals surface area contributed by atoms with E-state index in [1.165, 1.54) is 20.3 Å². The summed E-state index contributed by atoms with van der Waals surface area (Å²) in [6, 6.07) is 8.26. The Labute approximate surface area is 154 Å². The zero-order valence-electron chi connectivity index (χ0n) is 15.5. The third kappa shape index (κ3) is 5.34. The van der Waals surface area contributed by atoms with Crippen LogP contribution in [-0.2, 0) is 15.6 Å². The van der Waals surface area contributed by atoms with Crippen LogP contribution in [0.4, 0.5) is 5.82 Å². The van der Waals surface area contributed by atoms with E-state index in [1.807, 2.05) is 14.1 Å². The molecule has 0 saturated carbocycles. The van der Waals surface area contributed by atoms with Crippen molar-refractivity contribution in [1.82, 2.24) is 9.88 Å². The van der Waals surface area contributed by atoms with Crippen LogP contribution in [0.3, 0.4) is 0 Å². The van der Waals surface area contributed by atoms with Gasteiger partial charge in [0.05, 0.1) is 20.0 Å². The quantitative estimate of drug-likeness (QED) is 0.714. The summed E-state index contributed by atoms with van der Waals surface area (Å²) < 4.78 is 35.9. The number of sulfone groups is 1. The molecule has 7 nitrogen and oxygen atoms in total. The van der Waals surface area contributed by atoms with Crippen LogP contribution in [0.1, 0.15) is 5.56 Å². The number of anilines is 1. The molecule has 2 aromatic rings. The summed E-state index contributed by atoms with van der Waals surface area (Å²) in [5.74, 6) is 1.30. The SMILES string of the molecule is COc1ccc(OC)c(S(=O)(=O)Cc2ccc(NCCN(C)C)nc2)c1. The highest BCUT2D eigenvalue weighted by Gasteiger charge is 2.21. The number of hydrogen-bond acceptors (Lipinski definition) is 7. The summed E-state index contributed by atoms with van der Waals surface area (Å²) in [5, 5.41) is 3.19. The van der Waals surface area contributed by atoms with Gasteiger partial charge in [0.25, 0.3) is 0 Å². The molecule has 1 aromatic heterocycles. The molecule has 0 bridgehead atoms. The summed E-state index contributed by atoms with van der Waals surface area (Å²) in [6.45, 7) is 1.64. The van der Waals surface area contributed by atoms with Crippen molar-refractivity contribution in [3.8, 4) is 11.5 Å². The normalized spacial score (nSPS) is 11.4. The second-order valence-electron chi connectivity index (χ2n) is 6.06. The summed E-state index contributed by atoms with van der Waals surface area (Å²) in [5.41, 5.74) is 0.605. The maximum absolute atomic E-state index is 12.8. The molecule has 1 N–H and O–H groups in total. The summed E-state index contributed by atoms with van der Waals surface area (Å²) in [6.07, 6.45) is 1.57. The molecule has 0 radical (unpaired) electrons. The van der Waals surface area contributed by atoms with Crippen LogP contribution >= 0.6 is 0 Å². The predicted molar refractivity (Wildman–Crippen MR) is 102 cm³/mol. The standard InChI is InChI=1S/C18H25N3O4S/c1-21(2)10-9-19-18-8-5-14(12-20-18)13-26(22,23)17-11-15(24-3)6-7-16(17)25-4/h5-8,11-12H,9-10,13H2,1-4H3,(H,19,20). The van der Waals surface area contributed by atoms with Gasteiger partial charge >= 0.3 is 0 Å². The number of aromatic nitrogens is 1. The van der Waals surface area contributed by atoms with Crippen LogP contribution in [0.2, 0.25) is 0 Å². The highest BCUT2D eigenvalue weighted by atomic mass is 32.2. The third-order valence-electron chi connectivity index (χ3n) is 3.75.